The number of hydrogen-bond acceptors (Lipinski definition) is 9. The van der Waals surface area contributed by atoms with Crippen molar-refractivity contribution >= 4 is 53.5 Å². The largest absolute Gasteiger partial charge is 0.493 e. The number of methoxy groups -OCH3 is 2. The molecule has 1 atom stereocenters. The Morgan fingerprint density at radius 2 is 1.87 bits per heavy atom. The van der Waals surface area contributed by atoms with Crippen LogP contribution in [0.15, 0.2) is 48.5 Å². The third kappa shape index (κ3) is 4.59. The number of nitrogens with one attached hydrogen (secondary N) is 1. The molecule has 10 nitrogen and oxygen atoms in total. The molecule has 6 rings (SSSR count). The summed E-state index contributed by atoms with van der Waals surface area (Å²) in [6, 6.07) is 14.4. The molecule has 1 fully saturated rings. The summed E-state index contributed by atoms with van der Waals surface area (Å²) in [5.74, 6) is 0.805. The lowest BCUT2D eigenvalue weighted by Crippen LogP contribution is -2.15. The summed E-state index contributed by atoms with van der Waals surface area (Å²) < 4.78 is 38.0. The number of carbonyl (C=O) groups excluding carboxylic acids is 1. The molecule has 3 aromatic heterocycles. The van der Waals surface area contributed by atoms with Gasteiger partial charge in [-0.2, -0.15) is 5.10 Å². The lowest BCUT2D eigenvalue weighted by molar-refractivity contribution is 0.102. The second-order valence-electron chi connectivity index (χ2n) is 9.35. The molecule has 2 aromatic carbocycles. The van der Waals surface area contributed by atoms with E-state index in [4.69, 9.17) is 14.5 Å². The van der Waals surface area contributed by atoms with Crippen LogP contribution >= 0.6 is 11.3 Å². The maximum Gasteiger partial charge on any atom is 0.258 e. The molecular weight excluding hydrogens is 538 g/mol. The van der Waals surface area contributed by atoms with Crippen LogP contribution in [-0.2, 0) is 9.84 Å². The van der Waals surface area contributed by atoms with Gasteiger partial charge >= 0.3 is 0 Å². The first-order valence-electron chi connectivity index (χ1n) is 12.3. The fraction of sp³-hybridized carbons (Fsp3) is 0.259. The fourth-order valence-corrected chi connectivity index (χ4v) is 7.50. The molecule has 0 radical (unpaired) electrons. The third-order valence-electron chi connectivity index (χ3n) is 6.83. The quantitative estimate of drug-likeness (QED) is 0.317. The highest BCUT2D eigenvalue weighted by Gasteiger charge is 2.32. The number of sulfone groups is 1. The predicted molar refractivity (Wildman–Crippen MR) is 151 cm³/mol. The summed E-state index contributed by atoms with van der Waals surface area (Å²) in [6.07, 6.45) is 0.439. The summed E-state index contributed by atoms with van der Waals surface area (Å²) in [4.78, 5) is 23.2. The van der Waals surface area contributed by atoms with E-state index in [0.29, 0.717) is 56.6 Å². The molecule has 39 heavy (non-hydrogen) atoms. The van der Waals surface area contributed by atoms with E-state index in [1.54, 1.807) is 44.0 Å². The molecular formula is C27H25N5O5S2. The number of thiazole rings is 1. The van der Waals surface area contributed by atoms with Crippen LogP contribution in [0.25, 0.3) is 32.5 Å². The van der Waals surface area contributed by atoms with Gasteiger partial charge in [-0.3, -0.25) is 10.1 Å². The molecule has 5 aromatic rings. The standard InChI is InChI=1S/C27H25N5O5S2/c1-15-24-18(26(33)30-27-29-19-6-4-5-7-23(19)38-27)13-20(16-8-9-21(36-2)22(12-16)37-3)28-25(24)32(31-15)17-10-11-39(34,35)14-17/h4-9,12-13,17H,10-11,14H2,1-3H3,(H,29,30,33). The average Bonchev–Trinajstić information content (AvgIpc) is 3.61. The minimum Gasteiger partial charge on any atom is -0.493 e. The summed E-state index contributed by atoms with van der Waals surface area (Å²) in [7, 11) is -0.0587. The summed E-state index contributed by atoms with van der Waals surface area (Å²) in [5, 5.41) is 8.66. The molecule has 1 aliphatic rings. The number of nitrogens with zero attached hydrogens (tertiary/aromatic N) is 4. The lowest BCUT2D eigenvalue weighted by atomic mass is 10.0. The van der Waals surface area contributed by atoms with Crippen LogP contribution in [0.5, 0.6) is 11.5 Å². The van der Waals surface area contributed by atoms with Crippen molar-refractivity contribution in [3.05, 3.63) is 59.8 Å². The first-order valence-corrected chi connectivity index (χ1v) is 14.9. The molecule has 1 N–H and O–H groups in total. The number of fused-ring (bicyclic) bond motifs is 2. The van der Waals surface area contributed by atoms with Gasteiger partial charge in [0.2, 0.25) is 0 Å². The van der Waals surface area contributed by atoms with Crippen molar-refractivity contribution < 1.29 is 22.7 Å². The molecule has 0 bridgehead atoms. The summed E-state index contributed by atoms with van der Waals surface area (Å²) in [6.45, 7) is 1.80. The highest BCUT2D eigenvalue weighted by Crippen LogP contribution is 2.36. The monoisotopic (exact) mass is 563 g/mol. The number of amides is 1. The summed E-state index contributed by atoms with van der Waals surface area (Å²) >= 11 is 1.39. The maximum absolute atomic E-state index is 13.7. The zero-order valence-electron chi connectivity index (χ0n) is 21.5. The van der Waals surface area contributed by atoms with Crippen LogP contribution < -0.4 is 14.8 Å². The normalized spacial score (nSPS) is 16.5. The highest BCUT2D eigenvalue weighted by atomic mass is 32.2. The van der Waals surface area contributed by atoms with Crippen molar-refractivity contribution in [3.63, 3.8) is 0 Å². The minimum atomic E-state index is -3.17. The number of aryl methyl sites for hydroxylation is 1. The first-order chi connectivity index (χ1) is 18.8. The number of carbonyl (C=O) groups is 1. The van der Waals surface area contributed by atoms with Crippen molar-refractivity contribution in [1.82, 2.24) is 19.7 Å². The number of para-hydroxylation sites is 1. The van der Waals surface area contributed by atoms with Gasteiger partial charge in [0, 0.05) is 5.56 Å². The molecule has 1 unspecified atom stereocenters. The zero-order chi connectivity index (χ0) is 27.3. The van der Waals surface area contributed by atoms with E-state index in [1.807, 2.05) is 30.3 Å². The van der Waals surface area contributed by atoms with E-state index < -0.39 is 9.84 Å². The van der Waals surface area contributed by atoms with Gasteiger partial charge in [-0.1, -0.05) is 23.5 Å². The molecule has 0 aliphatic carbocycles. The Morgan fingerprint density at radius 3 is 2.59 bits per heavy atom. The Kier molecular flexibility index (Phi) is 6.23. The molecule has 1 saturated heterocycles. The van der Waals surface area contributed by atoms with Crippen LogP contribution in [0.1, 0.15) is 28.5 Å². The van der Waals surface area contributed by atoms with Crippen LogP contribution in [0.4, 0.5) is 5.13 Å². The molecule has 12 heteroatoms. The number of hydrogen-bond donors (Lipinski definition) is 1. The van der Waals surface area contributed by atoms with Crippen molar-refractivity contribution in [2.45, 2.75) is 19.4 Å². The Bertz CT molecular complexity index is 1830. The first kappa shape index (κ1) is 25.3. The van der Waals surface area contributed by atoms with Gasteiger partial charge < -0.3 is 9.47 Å². The van der Waals surface area contributed by atoms with E-state index in [2.05, 4.69) is 15.4 Å². The van der Waals surface area contributed by atoms with E-state index >= 15 is 0 Å². The second-order valence-corrected chi connectivity index (χ2v) is 12.6. The number of ether oxygens (including phenoxy) is 2. The zero-order valence-corrected chi connectivity index (χ0v) is 23.1. The third-order valence-corrected chi connectivity index (χ3v) is 9.53. The van der Waals surface area contributed by atoms with Gasteiger partial charge in [-0.05, 0) is 49.7 Å². The molecule has 1 amide bonds. The molecule has 1 aliphatic heterocycles. The Morgan fingerprint density at radius 1 is 1.08 bits per heavy atom. The fourth-order valence-electron chi connectivity index (χ4n) is 4.95. The van der Waals surface area contributed by atoms with Gasteiger partial charge in [0.25, 0.3) is 5.91 Å². The Labute approximate surface area is 228 Å². The predicted octanol–water partition coefficient (Wildman–Crippen LogP) is 4.65. The second kappa shape index (κ2) is 9.62. The minimum absolute atomic E-state index is 0.0152. The molecule has 0 saturated carbocycles. The average molecular weight is 564 g/mol. The smallest absolute Gasteiger partial charge is 0.258 e. The van der Waals surface area contributed by atoms with E-state index in [9.17, 15) is 13.2 Å². The van der Waals surface area contributed by atoms with Crippen LogP contribution in [0.3, 0.4) is 0 Å². The van der Waals surface area contributed by atoms with Crippen molar-refractivity contribution in [1.29, 1.82) is 0 Å². The SMILES string of the molecule is COc1ccc(-c2cc(C(=O)Nc3nc4ccccc4s3)c3c(C)nn(C4CCS(=O)(=O)C4)c3n2)cc1OC. The number of aromatic nitrogens is 4. The highest BCUT2D eigenvalue weighted by molar-refractivity contribution is 7.91. The maximum atomic E-state index is 13.7. The van der Waals surface area contributed by atoms with Crippen LogP contribution in [0, 0.1) is 6.92 Å². The lowest BCUT2D eigenvalue weighted by Gasteiger charge is -2.13. The molecule has 0 spiro atoms. The van der Waals surface area contributed by atoms with E-state index in [-0.39, 0.29) is 23.5 Å². The number of benzene rings is 2. The number of rotatable bonds is 6. The molecule has 200 valence electrons. The van der Waals surface area contributed by atoms with Gasteiger partial charge in [0.15, 0.2) is 32.1 Å². The summed E-state index contributed by atoms with van der Waals surface area (Å²) in [5.41, 5.74) is 3.43. The van der Waals surface area contributed by atoms with E-state index in [0.717, 1.165) is 10.2 Å². The van der Waals surface area contributed by atoms with Crippen LogP contribution in [-0.4, -0.2) is 59.8 Å². The Balaban J connectivity index is 1.51. The molecule has 4 heterocycles. The van der Waals surface area contributed by atoms with Gasteiger partial charge in [-0.25, -0.2) is 23.1 Å². The number of anilines is 1. The van der Waals surface area contributed by atoms with Gasteiger partial charge in [0.05, 0.1) is 64.3 Å². The topological polar surface area (TPSA) is 125 Å². The van der Waals surface area contributed by atoms with Gasteiger partial charge in [-0.15, -0.1) is 0 Å². The van der Waals surface area contributed by atoms with Crippen molar-refractivity contribution in [2.75, 3.05) is 31.0 Å². The van der Waals surface area contributed by atoms with Gasteiger partial charge in [0.1, 0.15) is 0 Å². The van der Waals surface area contributed by atoms with E-state index in [1.165, 1.54) is 11.3 Å². The number of pyridine rings is 1. The van der Waals surface area contributed by atoms with Crippen molar-refractivity contribution in [3.8, 4) is 22.8 Å². The van der Waals surface area contributed by atoms with Crippen LogP contribution in [0.2, 0.25) is 0 Å². The Hall–Kier alpha value is -4.03. The van der Waals surface area contributed by atoms with Crippen molar-refractivity contribution in [2.24, 2.45) is 0 Å².